The largest absolute Gasteiger partial charge is 0.489 e. The lowest BCUT2D eigenvalue weighted by molar-refractivity contribution is -0.113. The molecule has 4 nitrogen and oxygen atoms in total. The Hall–Kier alpha value is -2.29. The molecular weight excluding hydrogens is 533 g/mol. The van der Waals surface area contributed by atoms with Crippen LogP contribution in [0.15, 0.2) is 77.7 Å². The number of anilines is 1. The molecule has 30 heavy (non-hydrogen) atoms. The Labute approximate surface area is 197 Å². The van der Waals surface area contributed by atoms with Crippen molar-refractivity contribution in [1.29, 1.82) is 0 Å². The van der Waals surface area contributed by atoms with Crippen molar-refractivity contribution in [3.05, 3.63) is 97.4 Å². The van der Waals surface area contributed by atoms with Crippen molar-refractivity contribution in [1.82, 2.24) is 0 Å². The minimum atomic E-state index is -0.341. The van der Waals surface area contributed by atoms with Crippen LogP contribution in [0.2, 0.25) is 5.02 Å². The van der Waals surface area contributed by atoms with Crippen molar-refractivity contribution in [3.8, 4) is 5.75 Å². The van der Waals surface area contributed by atoms with Gasteiger partial charge in [-0.1, -0.05) is 35.9 Å². The lowest BCUT2D eigenvalue weighted by Gasteiger charge is -2.12. The molecule has 150 valence electrons. The second-order valence-electron chi connectivity index (χ2n) is 6.48. The van der Waals surface area contributed by atoms with Crippen LogP contribution in [-0.4, -0.2) is 11.1 Å². The molecule has 1 fully saturated rings. The fourth-order valence-electron chi connectivity index (χ4n) is 2.84. The van der Waals surface area contributed by atoms with E-state index in [4.69, 9.17) is 16.3 Å². The van der Waals surface area contributed by atoms with Crippen molar-refractivity contribution in [3.63, 3.8) is 0 Å². The molecule has 0 unspecified atom stereocenters. The standard InChI is InChI=1S/C23H15ClINO3S/c24-17-5-9-19(10-6-17)26-22(27)21(30-23(26)28)13-15-3-11-20(12-4-15)29-14-16-1-7-18(25)8-2-16/h1-13H,14H2/b21-13+. The van der Waals surface area contributed by atoms with Crippen LogP contribution >= 0.6 is 46.0 Å². The summed E-state index contributed by atoms with van der Waals surface area (Å²) in [7, 11) is 0. The van der Waals surface area contributed by atoms with Crippen LogP contribution in [0.4, 0.5) is 10.5 Å². The fraction of sp³-hybridized carbons (Fsp3) is 0.0435. The molecule has 0 bridgehead atoms. The maximum Gasteiger partial charge on any atom is 0.298 e. The fourth-order valence-corrected chi connectivity index (χ4v) is 4.17. The quantitative estimate of drug-likeness (QED) is 0.261. The summed E-state index contributed by atoms with van der Waals surface area (Å²) in [5.41, 5.74) is 2.42. The average Bonchev–Trinajstić information content (AvgIpc) is 3.02. The van der Waals surface area contributed by atoms with E-state index in [0.717, 1.165) is 33.5 Å². The Morgan fingerprint density at radius 2 is 1.60 bits per heavy atom. The zero-order valence-corrected chi connectivity index (χ0v) is 19.3. The zero-order valence-electron chi connectivity index (χ0n) is 15.5. The molecule has 3 aromatic carbocycles. The predicted molar refractivity (Wildman–Crippen MR) is 130 cm³/mol. The molecule has 1 aliphatic rings. The van der Waals surface area contributed by atoms with Gasteiger partial charge in [-0.15, -0.1) is 0 Å². The van der Waals surface area contributed by atoms with Gasteiger partial charge < -0.3 is 4.74 Å². The topological polar surface area (TPSA) is 46.6 Å². The van der Waals surface area contributed by atoms with E-state index in [-0.39, 0.29) is 11.1 Å². The molecule has 0 radical (unpaired) electrons. The number of carbonyl (C=O) groups excluding carboxylic acids is 2. The van der Waals surface area contributed by atoms with Crippen molar-refractivity contribution >= 4 is 68.9 Å². The highest BCUT2D eigenvalue weighted by atomic mass is 127. The van der Waals surface area contributed by atoms with Gasteiger partial charge in [0.1, 0.15) is 12.4 Å². The first kappa shape index (κ1) is 21.0. The average molecular weight is 548 g/mol. The monoisotopic (exact) mass is 547 g/mol. The van der Waals surface area contributed by atoms with Crippen LogP contribution in [0, 0.1) is 3.57 Å². The van der Waals surface area contributed by atoms with Crippen LogP contribution in [-0.2, 0) is 11.4 Å². The third-order valence-electron chi connectivity index (χ3n) is 4.38. The van der Waals surface area contributed by atoms with Gasteiger partial charge in [0.15, 0.2) is 0 Å². The number of nitrogens with zero attached hydrogens (tertiary/aromatic N) is 1. The Kier molecular flexibility index (Phi) is 6.46. The number of benzene rings is 3. The van der Waals surface area contributed by atoms with Gasteiger partial charge in [-0.3, -0.25) is 9.59 Å². The molecule has 7 heteroatoms. The first-order valence-electron chi connectivity index (χ1n) is 9.00. The van der Waals surface area contributed by atoms with E-state index >= 15 is 0 Å². The van der Waals surface area contributed by atoms with Crippen LogP contribution in [0.1, 0.15) is 11.1 Å². The maximum absolute atomic E-state index is 12.7. The van der Waals surface area contributed by atoms with Crippen LogP contribution in [0.25, 0.3) is 6.08 Å². The summed E-state index contributed by atoms with van der Waals surface area (Å²) in [6, 6.07) is 22.2. The van der Waals surface area contributed by atoms with E-state index in [2.05, 4.69) is 22.6 Å². The van der Waals surface area contributed by atoms with Gasteiger partial charge in [0.2, 0.25) is 0 Å². The van der Waals surface area contributed by atoms with E-state index in [1.54, 1.807) is 30.3 Å². The normalized spacial score (nSPS) is 15.1. The molecule has 0 atom stereocenters. The Bertz CT molecular complexity index is 1110. The van der Waals surface area contributed by atoms with Gasteiger partial charge in [0, 0.05) is 8.59 Å². The molecule has 3 aromatic rings. The lowest BCUT2D eigenvalue weighted by Crippen LogP contribution is -2.27. The van der Waals surface area contributed by atoms with E-state index in [1.807, 2.05) is 48.5 Å². The highest BCUT2D eigenvalue weighted by molar-refractivity contribution is 14.1. The highest BCUT2D eigenvalue weighted by Gasteiger charge is 2.36. The summed E-state index contributed by atoms with van der Waals surface area (Å²) in [5.74, 6) is 0.395. The number of thioether (sulfide) groups is 1. The first-order valence-corrected chi connectivity index (χ1v) is 11.3. The molecule has 1 saturated heterocycles. The summed E-state index contributed by atoms with van der Waals surface area (Å²) in [6.07, 6.45) is 1.71. The number of amides is 2. The van der Waals surface area contributed by atoms with Crippen LogP contribution in [0.3, 0.4) is 0 Å². The molecule has 1 heterocycles. The number of carbonyl (C=O) groups is 2. The number of imide groups is 1. The maximum atomic E-state index is 12.7. The molecule has 0 spiro atoms. The third-order valence-corrected chi connectivity index (χ3v) is 6.22. The minimum Gasteiger partial charge on any atom is -0.489 e. The van der Waals surface area contributed by atoms with Gasteiger partial charge in [-0.2, -0.15) is 0 Å². The number of halogens is 2. The summed E-state index contributed by atoms with van der Waals surface area (Å²) in [4.78, 5) is 26.6. The Balaban J connectivity index is 1.44. The SMILES string of the molecule is O=C1S/C(=C/c2ccc(OCc3ccc(I)cc3)cc2)C(=O)N1c1ccc(Cl)cc1. The second-order valence-corrected chi connectivity index (χ2v) is 9.15. The number of rotatable bonds is 5. The van der Waals surface area contributed by atoms with Crippen molar-refractivity contribution < 1.29 is 14.3 Å². The van der Waals surface area contributed by atoms with Crippen LogP contribution < -0.4 is 9.64 Å². The van der Waals surface area contributed by atoms with E-state index in [9.17, 15) is 9.59 Å². The summed E-state index contributed by atoms with van der Waals surface area (Å²) >= 11 is 9.08. The van der Waals surface area contributed by atoms with Gasteiger partial charge in [-0.25, -0.2) is 4.90 Å². The summed E-state index contributed by atoms with van der Waals surface area (Å²) in [5, 5.41) is 0.219. The Morgan fingerprint density at radius 3 is 2.27 bits per heavy atom. The van der Waals surface area contributed by atoms with E-state index in [0.29, 0.717) is 22.2 Å². The van der Waals surface area contributed by atoms with Gasteiger partial charge in [-0.05, 0) is 100 Å². The van der Waals surface area contributed by atoms with E-state index < -0.39 is 0 Å². The third kappa shape index (κ3) is 4.88. The number of ether oxygens (including phenoxy) is 1. The van der Waals surface area contributed by atoms with Gasteiger partial charge in [0.25, 0.3) is 11.1 Å². The van der Waals surface area contributed by atoms with Crippen molar-refractivity contribution in [2.24, 2.45) is 0 Å². The highest BCUT2D eigenvalue weighted by Crippen LogP contribution is 2.36. The first-order chi connectivity index (χ1) is 14.5. The van der Waals surface area contributed by atoms with E-state index in [1.165, 1.54) is 3.57 Å². The molecule has 4 rings (SSSR count). The van der Waals surface area contributed by atoms with Crippen molar-refractivity contribution in [2.45, 2.75) is 6.61 Å². The lowest BCUT2D eigenvalue weighted by atomic mass is 10.2. The smallest absolute Gasteiger partial charge is 0.298 e. The molecule has 0 aliphatic carbocycles. The minimum absolute atomic E-state index is 0.328. The molecule has 0 saturated carbocycles. The Morgan fingerprint density at radius 1 is 0.933 bits per heavy atom. The molecule has 0 aromatic heterocycles. The predicted octanol–water partition coefficient (Wildman–Crippen LogP) is 6.76. The molecular formula is C23H15ClINO3S. The molecule has 2 amide bonds. The molecule has 0 N–H and O–H groups in total. The summed E-state index contributed by atoms with van der Waals surface area (Å²) in [6.45, 7) is 0.482. The second kappa shape index (κ2) is 9.24. The summed E-state index contributed by atoms with van der Waals surface area (Å²) < 4.78 is 6.99. The number of hydrogen-bond donors (Lipinski definition) is 0. The van der Waals surface area contributed by atoms with Crippen molar-refractivity contribution in [2.75, 3.05) is 4.90 Å². The number of hydrogen-bond acceptors (Lipinski definition) is 4. The zero-order chi connectivity index (χ0) is 21.1. The van der Waals surface area contributed by atoms with Gasteiger partial charge in [0.05, 0.1) is 10.6 Å². The van der Waals surface area contributed by atoms with Gasteiger partial charge >= 0.3 is 0 Å². The molecule has 1 aliphatic heterocycles. The van der Waals surface area contributed by atoms with Crippen LogP contribution in [0.5, 0.6) is 5.75 Å².